The molecule has 0 aromatic carbocycles. The molecule has 4 N–H and O–H groups in total. The molecule has 0 saturated heterocycles. The van der Waals surface area contributed by atoms with Crippen molar-refractivity contribution in [3.8, 4) is 0 Å². The quantitative estimate of drug-likeness (QED) is 0.282. The summed E-state index contributed by atoms with van der Waals surface area (Å²) >= 11 is 0. The molecule has 0 spiro atoms. The first-order valence-corrected chi connectivity index (χ1v) is 4.77. The van der Waals surface area contributed by atoms with Gasteiger partial charge in [-0.25, -0.2) is 0 Å². The predicted molar refractivity (Wildman–Crippen MR) is 36.9 cm³/mol. The summed E-state index contributed by atoms with van der Waals surface area (Å²) in [5.41, 5.74) is 0. The van der Waals surface area contributed by atoms with Gasteiger partial charge in [-0.3, -0.25) is 0 Å². The highest BCUT2D eigenvalue weighted by molar-refractivity contribution is 6.48. The normalized spacial score (nSPS) is 12.0. The molecule has 62 valence electrons. The molecule has 10 heavy (non-hydrogen) atoms. The minimum atomic E-state index is -4.23. The Morgan fingerprint density at radius 3 is 2.40 bits per heavy atom. The molecular formula is C4H13NO4Si. The van der Waals surface area contributed by atoms with Crippen LogP contribution in [0.1, 0.15) is 6.42 Å². The number of hydrogen-bond acceptors (Lipinski definition) is 5. The summed E-state index contributed by atoms with van der Waals surface area (Å²) < 4.78 is 4.30. The van der Waals surface area contributed by atoms with E-state index in [1.165, 1.54) is 0 Å². The second-order valence-electron chi connectivity index (χ2n) is 1.88. The Morgan fingerprint density at radius 2 is 2.00 bits per heavy atom. The Balaban J connectivity index is 3.04. The van der Waals surface area contributed by atoms with Crippen LogP contribution in [0.4, 0.5) is 0 Å². The maximum Gasteiger partial charge on any atom is 0.671 e. The maximum absolute atomic E-state index is 8.32. The van der Waals surface area contributed by atoms with Gasteiger partial charge in [0.25, 0.3) is 0 Å². The molecule has 0 aliphatic carbocycles. The van der Waals surface area contributed by atoms with Gasteiger partial charge in [-0.15, -0.1) is 0 Å². The minimum absolute atomic E-state index is 0.163. The van der Waals surface area contributed by atoms with E-state index >= 15 is 0 Å². The van der Waals surface area contributed by atoms with E-state index in [2.05, 4.69) is 9.74 Å². The standard InChI is InChI=1S/C4H13NO4Si/c1-5-3-2-4-9-10(6,7)8/h5-8H,2-4H2,1H3. The lowest BCUT2D eigenvalue weighted by molar-refractivity contribution is 0.0626. The van der Waals surface area contributed by atoms with Gasteiger partial charge in [0.05, 0.1) is 0 Å². The van der Waals surface area contributed by atoms with E-state index in [9.17, 15) is 0 Å². The van der Waals surface area contributed by atoms with Crippen LogP contribution < -0.4 is 5.32 Å². The SMILES string of the molecule is CNCCCO[Si](O)(O)O. The molecule has 0 aliphatic rings. The summed E-state index contributed by atoms with van der Waals surface area (Å²) in [4.78, 5) is 25.0. The molecule has 0 aliphatic heterocycles. The molecule has 0 saturated carbocycles. The first-order chi connectivity index (χ1) is 4.56. The summed E-state index contributed by atoms with van der Waals surface area (Å²) in [7, 11) is -2.46. The van der Waals surface area contributed by atoms with Gasteiger partial charge in [-0.05, 0) is 20.0 Å². The van der Waals surface area contributed by atoms with Gasteiger partial charge in [0.2, 0.25) is 0 Å². The fourth-order valence-electron chi connectivity index (χ4n) is 0.458. The molecule has 0 rings (SSSR count). The van der Waals surface area contributed by atoms with Crippen molar-refractivity contribution in [2.45, 2.75) is 6.42 Å². The van der Waals surface area contributed by atoms with Crippen LogP contribution >= 0.6 is 0 Å². The van der Waals surface area contributed by atoms with E-state index < -0.39 is 9.05 Å². The molecule has 0 atom stereocenters. The molecule has 0 heterocycles. The smallest absolute Gasteiger partial charge is 0.368 e. The second-order valence-corrected chi connectivity index (χ2v) is 3.32. The molecule has 0 radical (unpaired) electrons. The first kappa shape index (κ1) is 10.0. The van der Waals surface area contributed by atoms with Crippen LogP contribution in [0.3, 0.4) is 0 Å². The van der Waals surface area contributed by atoms with Crippen LogP contribution in [0.5, 0.6) is 0 Å². The topological polar surface area (TPSA) is 82.0 Å². The van der Waals surface area contributed by atoms with Gasteiger partial charge in [0, 0.05) is 6.61 Å². The molecule has 0 bridgehead atoms. The second kappa shape index (κ2) is 4.77. The van der Waals surface area contributed by atoms with Crippen LogP contribution in [-0.2, 0) is 4.43 Å². The Kier molecular flexibility index (Phi) is 4.78. The van der Waals surface area contributed by atoms with Gasteiger partial charge >= 0.3 is 9.05 Å². The zero-order valence-electron chi connectivity index (χ0n) is 5.87. The van der Waals surface area contributed by atoms with E-state index in [4.69, 9.17) is 14.4 Å². The Morgan fingerprint density at radius 1 is 1.40 bits per heavy atom. The molecule has 5 nitrogen and oxygen atoms in total. The van der Waals surface area contributed by atoms with Crippen molar-refractivity contribution in [3.63, 3.8) is 0 Å². The van der Waals surface area contributed by atoms with Crippen LogP contribution in [0, 0.1) is 0 Å². The predicted octanol–water partition coefficient (Wildman–Crippen LogP) is -1.97. The van der Waals surface area contributed by atoms with Crippen molar-refractivity contribution in [2.24, 2.45) is 0 Å². The van der Waals surface area contributed by atoms with Crippen LogP contribution in [0.25, 0.3) is 0 Å². The largest absolute Gasteiger partial charge is 0.671 e. The zero-order chi connectivity index (χ0) is 8.04. The summed E-state index contributed by atoms with van der Waals surface area (Å²) in [6.07, 6.45) is 0.646. The summed E-state index contributed by atoms with van der Waals surface area (Å²) in [6.45, 7) is 0.890. The van der Waals surface area contributed by atoms with E-state index in [0.717, 1.165) is 6.54 Å². The maximum atomic E-state index is 8.32. The number of hydrogen-bond donors (Lipinski definition) is 4. The van der Waals surface area contributed by atoms with Crippen molar-refractivity contribution in [2.75, 3.05) is 20.2 Å². The van der Waals surface area contributed by atoms with Crippen LogP contribution in [-0.4, -0.2) is 43.6 Å². The Hall–Kier alpha value is 0.0169. The third-order valence-corrected chi connectivity index (χ3v) is 1.46. The minimum Gasteiger partial charge on any atom is -0.368 e. The van der Waals surface area contributed by atoms with Gasteiger partial charge in [-0.2, -0.15) is 0 Å². The lowest BCUT2D eigenvalue weighted by Gasteiger charge is -2.08. The van der Waals surface area contributed by atoms with Gasteiger partial charge < -0.3 is 24.1 Å². The van der Waals surface area contributed by atoms with Crippen molar-refractivity contribution in [1.29, 1.82) is 0 Å². The first-order valence-electron chi connectivity index (χ1n) is 3.02. The number of nitrogens with one attached hydrogen (secondary N) is 1. The monoisotopic (exact) mass is 167 g/mol. The van der Waals surface area contributed by atoms with Gasteiger partial charge in [0.1, 0.15) is 0 Å². The lowest BCUT2D eigenvalue weighted by Crippen LogP contribution is -2.39. The molecule has 0 aromatic heterocycles. The van der Waals surface area contributed by atoms with E-state index in [-0.39, 0.29) is 6.61 Å². The van der Waals surface area contributed by atoms with Crippen molar-refractivity contribution >= 4 is 9.05 Å². The van der Waals surface area contributed by atoms with Gasteiger partial charge in [0.15, 0.2) is 0 Å². The number of rotatable bonds is 5. The average molecular weight is 167 g/mol. The summed E-state index contributed by atoms with van der Waals surface area (Å²) in [6, 6.07) is 0. The van der Waals surface area contributed by atoms with Crippen molar-refractivity contribution in [3.05, 3.63) is 0 Å². The molecule has 6 heteroatoms. The van der Waals surface area contributed by atoms with E-state index in [0.29, 0.717) is 6.42 Å². The highest BCUT2D eigenvalue weighted by Gasteiger charge is 2.29. The Labute approximate surface area is 60.8 Å². The summed E-state index contributed by atoms with van der Waals surface area (Å²) in [5.74, 6) is 0. The fraction of sp³-hybridized carbons (Fsp3) is 1.00. The third kappa shape index (κ3) is 8.02. The van der Waals surface area contributed by atoms with Crippen LogP contribution in [0.2, 0.25) is 0 Å². The highest BCUT2D eigenvalue weighted by Crippen LogP contribution is 1.89. The van der Waals surface area contributed by atoms with Crippen LogP contribution in [0.15, 0.2) is 0 Å². The molecule has 0 amide bonds. The zero-order valence-corrected chi connectivity index (χ0v) is 6.87. The Bertz CT molecular complexity index is 83.8. The highest BCUT2D eigenvalue weighted by atomic mass is 28.4. The molecule has 0 aromatic rings. The molecule has 0 unspecified atom stereocenters. The van der Waals surface area contributed by atoms with Crippen molar-refractivity contribution in [1.82, 2.24) is 5.32 Å². The fourth-order valence-corrected chi connectivity index (χ4v) is 0.876. The summed E-state index contributed by atoms with van der Waals surface area (Å²) in [5, 5.41) is 2.84. The average Bonchev–Trinajstić information content (AvgIpc) is 1.78. The lowest BCUT2D eigenvalue weighted by atomic mass is 10.5. The van der Waals surface area contributed by atoms with E-state index in [1.54, 1.807) is 7.05 Å². The molecular weight excluding hydrogens is 154 g/mol. The molecule has 0 fully saturated rings. The van der Waals surface area contributed by atoms with E-state index in [1.807, 2.05) is 0 Å². The van der Waals surface area contributed by atoms with Gasteiger partial charge in [-0.1, -0.05) is 0 Å². The third-order valence-electron chi connectivity index (χ3n) is 0.867. The van der Waals surface area contributed by atoms with Crippen molar-refractivity contribution < 1.29 is 18.8 Å².